The quantitative estimate of drug-likeness (QED) is 0.907. The first-order chi connectivity index (χ1) is 10.2. The Balaban J connectivity index is 1.71. The minimum atomic E-state index is 0.0177. The van der Waals surface area contributed by atoms with Crippen LogP contribution in [0.4, 0.5) is 0 Å². The minimum absolute atomic E-state index is 0.0177. The van der Waals surface area contributed by atoms with E-state index in [1.54, 1.807) is 17.8 Å². The zero-order chi connectivity index (χ0) is 14.6. The van der Waals surface area contributed by atoms with Crippen LogP contribution in [0.2, 0.25) is 10.0 Å². The lowest BCUT2D eigenvalue weighted by Gasteiger charge is -2.19. The molecule has 4 rings (SSSR count). The minimum Gasteiger partial charge on any atom is -0.391 e. The van der Waals surface area contributed by atoms with Gasteiger partial charge in [0.2, 0.25) is 0 Å². The van der Waals surface area contributed by atoms with Crippen molar-refractivity contribution < 1.29 is 5.11 Å². The van der Waals surface area contributed by atoms with Gasteiger partial charge in [0.05, 0.1) is 28.4 Å². The lowest BCUT2D eigenvalue weighted by molar-refractivity contribution is 0.339. The van der Waals surface area contributed by atoms with Gasteiger partial charge in [-0.2, -0.15) is 0 Å². The normalized spacial score (nSPS) is 24.6. The number of hydrogen-bond acceptors (Lipinski definition) is 4. The van der Waals surface area contributed by atoms with Gasteiger partial charge in [-0.3, -0.25) is 4.99 Å². The van der Waals surface area contributed by atoms with Gasteiger partial charge in [0.15, 0.2) is 5.17 Å². The van der Waals surface area contributed by atoms with Gasteiger partial charge in [-0.05, 0) is 30.9 Å². The van der Waals surface area contributed by atoms with Crippen LogP contribution < -0.4 is 0 Å². The Bertz CT molecular complexity index is 670. The summed E-state index contributed by atoms with van der Waals surface area (Å²) in [4.78, 5) is 7.97. The molecule has 2 aliphatic heterocycles. The second-order valence-corrected chi connectivity index (χ2v) is 7.46. The predicted molar refractivity (Wildman–Crippen MR) is 88.7 cm³/mol. The van der Waals surface area contributed by atoms with Crippen molar-refractivity contribution in [1.82, 2.24) is 4.90 Å². The molecule has 0 spiro atoms. The molecular weight excluding hydrogens is 327 g/mol. The van der Waals surface area contributed by atoms with Gasteiger partial charge in [-0.25, -0.2) is 0 Å². The summed E-state index contributed by atoms with van der Waals surface area (Å²) in [5.41, 5.74) is 2.02. The lowest BCUT2D eigenvalue weighted by Crippen LogP contribution is -2.24. The van der Waals surface area contributed by atoms with E-state index in [1.165, 1.54) is 12.8 Å². The van der Waals surface area contributed by atoms with Crippen LogP contribution in [-0.4, -0.2) is 34.4 Å². The molecule has 0 saturated heterocycles. The molecule has 1 atom stereocenters. The molecule has 0 bridgehead atoms. The van der Waals surface area contributed by atoms with E-state index < -0.39 is 0 Å². The number of nitrogens with zero attached hydrogens (tertiary/aromatic N) is 2. The second-order valence-electron chi connectivity index (χ2n) is 5.59. The van der Waals surface area contributed by atoms with Crippen molar-refractivity contribution in [1.29, 1.82) is 0 Å². The van der Waals surface area contributed by atoms with Crippen LogP contribution in [0, 0.1) is 5.92 Å². The van der Waals surface area contributed by atoms with Gasteiger partial charge in [0, 0.05) is 17.0 Å². The number of halogens is 2. The molecule has 0 aromatic heterocycles. The number of aliphatic hydroxyl groups excluding tert-OH is 1. The van der Waals surface area contributed by atoms with Gasteiger partial charge in [0.1, 0.15) is 0 Å². The van der Waals surface area contributed by atoms with Gasteiger partial charge in [-0.1, -0.05) is 41.0 Å². The maximum Gasteiger partial charge on any atom is 0.168 e. The number of fused-ring (bicyclic) bond motifs is 1. The Labute approximate surface area is 137 Å². The zero-order valence-corrected chi connectivity index (χ0v) is 13.5. The molecule has 0 amide bonds. The average Bonchev–Trinajstić information content (AvgIpc) is 3.15. The maximum atomic E-state index is 9.64. The van der Waals surface area contributed by atoms with Crippen LogP contribution in [0.1, 0.15) is 18.4 Å². The molecule has 110 valence electrons. The first-order valence-electron chi connectivity index (χ1n) is 7.00. The summed E-state index contributed by atoms with van der Waals surface area (Å²) in [5, 5.41) is 11.7. The monoisotopic (exact) mass is 340 g/mol. The van der Waals surface area contributed by atoms with Gasteiger partial charge in [-0.15, -0.1) is 0 Å². The molecule has 1 aliphatic carbocycles. The fourth-order valence-corrected chi connectivity index (χ4v) is 4.27. The van der Waals surface area contributed by atoms with Crippen molar-refractivity contribution in [2.45, 2.75) is 18.9 Å². The van der Waals surface area contributed by atoms with Crippen molar-refractivity contribution in [3.05, 3.63) is 38.7 Å². The highest BCUT2D eigenvalue weighted by atomic mass is 35.5. The third-order valence-electron chi connectivity index (χ3n) is 4.13. The van der Waals surface area contributed by atoms with Crippen LogP contribution in [0.25, 0.3) is 5.70 Å². The Kier molecular flexibility index (Phi) is 3.45. The molecule has 2 heterocycles. The fourth-order valence-electron chi connectivity index (χ4n) is 2.90. The average molecular weight is 341 g/mol. The molecule has 3 aliphatic rings. The topological polar surface area (TPSA) is 35.8 Å². The third kappa shape index (κ3) is 2.38. The molecular formula is C15H14Cl2N2OS. The molecule has 3 nitrogen and oxygen atoms in total. The predicted octanol–water partition coefficient (Wildman–Crippen LogP) is 3.85. The highest BCUT2D eigenvalue weighted by Crippen LogP contribution is 2.46. The number of aliphatic hydroxyl groups is 1. The molecule has 21 heavy (non-hydrogen) atoms. The number of benzene rings is 1. The largest absolute Gasteiger partial charge is 0.391 e. The molecule has 1 aromatic rings. The van der Waals surface area contributed by atoms with Gasteiger partial charge < -0.3 is 10.0 Å². The first-order valence-corrected chi connectivity index (χ1v) is 8.57. The summed E-state index contributed by atoms with van der Waals surface area (Å²) >= 11 is 13.7. The molecule has 1 saturated carbocycles. The van der Waals surface area contributed by atoms with Crippen LogP contribution in [0.5, 0.6) is 0 Å². The molecule has 1 aromatic carbocycles. The summed E-state index contributed by atoms with van der Waals surface area (Å²) in [6, 6.07) is 6.02. The standard InChI is InChI=1S/C15H14Cl2N2OS/c16-10-4-3-9(5-11(10)17)14-13(7-20)21-15-18-12(6-19(14)15)8-1-2-8/h3-5,8,12,20H,1-2,6-7H2. The van der Waals surface area contributed by atoms with E-state index in [2.05, 4.69) is 4.90 Å². The van der Waals surface area contributed by atoms with Crippen molar-refractivity contribution in [2.24, 2.45) is 10.9 Å². The molecule has 1 fully saturated rings. The van der Waals surface area contributed by atoms with Gasteiger partial charge in [0.25, 0.3) is 0 Å². The Morgan fingerprint density at radius 3 is 2.76 bits per heavy atom. The van der Waals surface area contributed by atoms with Crippen molar-refractivity contribution >= 4 is 45.8 Å². The second kappa shape index (κ2) is 5.20. The van der Waals surface area contributed by atoms with E-state index in [9.17, 15) is 5.11 Å². The maximum absolute atomic E-state index is 9.64. The van der Waals surface area contributed by atoms with Crippen LogP contribution in [0.3, 0.4) is 0 Å². The summed E-state index contributed by atoms with van der Waals surface area (Å²) in [7, 11) is 0. The number of thioether (sulfide) groups is 1. The van der Waals surface area contributed by atoms with Crippen LogP contribution >= 0.6 is 35.0 Å². The first kappa shape index (κ1) is 13.9. The van der Waals surface area contributed by atoms with E-state index in [4.69, 9.17) is 28.2 Å². The Morgan fingerprint density at radius 1 is 1.29 bits per heavy atom. The SMILES string of the molecule is OCC1=C(c2ccc(Cl)c(Cl)c2)N2CC(C3CC3)N=C2S1. The number of aliphatic imine (C=N–C) groups is 1. The summed E-state index contributed by atoms with van der Waals surface area (Å²) < 4.78 is 0. The number of amidine groups is 1. The van der Waals surface area contributed by atoms with Crippen LogP contribution in [-0.2, 0) is 0 Å². The molecule has 1 N–H and O–H groups in total. The summed E-state index contributed by atoms with van der Waals surface area (Å²) in [6.45, 7) is 0.927. The number of hydrogen-bond donors (Lipinski definition) is 1. The van der Waals surface area contributed by atoms with Crippen molar-refractivity contribution in [3.63, 3.8) is 0 Å². The molecule has 1 unspecified atom stereocenters. The molecule has 0 radical (unpaired) electrons. The van der Waals surface area contributed by atoms with Crippen molar-refractivity contribution in [3.8, 4) is 0 Å². The highest BCUT2D eigenvalue weighted by molar-refractivity contribution is 8.17. The van der Waals surface area contributed by atoms with E-state index in [0.29, 0.717) is 16.1 Å². The van der Waals surface area contributed by atoms with Crippen LogP contribution in [0.15, 0.2) is 28.1 Å². The summed E-state index contributed by atoms with van der Waals surface area (Å²) in [6.07, 6.45) is 2.58. The summed E-state index contributed by atoms with van der Waals surface area (Å²) in [5.74, 6) is 0.747. The molecule has 6 heteroatoms. The van der Waals surface area contributed by atoms with E-state index in [-0.39, 0.29) is 6.61 Å². The lowest BCUT2D eigenvalue weighted by atomic mass is 10.1. The third-order valence-corrected chi connectivity index (χ3v) is 5.94. The van der Waals surface area contributed by atoms with E-state index in [1.807, 2.05) is 12.1 Å². The Hall–Kier alpha value is -0.680. The zero-order valence-electron chi connectivity index (χ0n) is 11.2. The highest BCUT2D eigenvalue weighted by Gasteiger charge is 2.42. The van der Waals surface area contributed by atoms with Crippen molar-refractivity contribution in [2.75, 3.05) is 13.2 Å². The number of rotatable bonds is 3. The van der Waals surface area contributed by atoms with Gasteiger partial charge >= 0.3 is 0 Å². The Morgan fingerprint density at radius 2 is 2.10 bits per heavy atom. The van der Waals surface area contributed by atoms with E-state index >= 15 is 0 Å². The smallest absolute Gasteiger partial charge is 0.168 e. The van der Waals surface area contributed by atoms with E-state index in [0.717, 1.165) is 33.8 Å². The fraction of sp³-hybridized carbons (Fsp3) is 0.400.